The van der Waals surface area contributed by atoms with Crippen molar-refractivity contribution in [2.75, 3.05) is 19.8 Å². The molecule has 0 saturated heterocycles. The molecule has 4 heteroatoms. The van der Waals surface area contributed by atoms with Gasteiger partial charge in [0.1, 0.15) is 0 Å². The normalized spacial score (nSPS) is 10.3. The number of ether oxygens (including phenoxy) is 2. The molecule has 0 aliphatic rings. The van der Waals surface area contributed by atoms with E-state index in [1.165, 1.54) is 5.56 Å². The molecule has 1 aromatic rings. The van der Waals surface area contributed by atoms with E-state index in [1.807, 2.05) is 19.1 Å². The molecule has 112 valence electrons. The van der Waals surface area contributed by atoms with E-state index in [0.29, 0.717) is 13.2 Å². The van der Waals surface area contributed by atoms with Crippen molar-refractivity contribution in [1.29, 1.82) is 0 Å². The first-order chi connectivity index (χ1) is 9.72. The number of rotatable bonds is 10. The Bertz CT molecular complexity index is 421. The average molecular weight is 342 g/mol. The van der Waals surface area contributed by atoms with Crippen LogP contribution in [0, 0.1) is 0 Å². The summed E-state index contributed by atoms with van der Waals surface area (Å²) in [7, 11) is 0. The first-order valence-corrected chi connectivity index (χ1v) is 7.91. The minimum atomic E-state index is 0.607. The summed E-state index contributed by atoms with van der Waals surface area (Å²) in [5, 5.41) is 3.39. The lowest BCUT2D eigenvalue weighted by Crippen LogP contribution is -2.14. The standard InChI is InChI=1S/C16H24BrNO2/c1-4-7-9-20-16-14(17)10-13(12-18-8-5-2)11-15(16)19-6-3/h4,10-11,18H,1,5-9,12H2,2-3H3. The monoisotopic (exact) mass is 341 g/mol. The summed E-state index contributed by atoms with van der Waals surface area (Å²) >= 11 is 3.57. The quantitative estimate of drug-likeness (QED) is 0.508. The molecule has 3 nitrogen and oxygen atoms in total. The molecule has 1 N–H and O–H groups in total. The summed E-state index contributed by atoms with van der Waals surface area (Å²) in [6.07, 6.45) is 3.79. The van der Waals surface area contributed by atoms with E-state index in [4.69, 9.17) is 9.47 Å². The molecule has 0 saturated carbocycles. The molecule has 0 atom stereocenters. The molecule has 0 amide bonds. The van der Waals surface area contributed by atoms with Crippen LogP contribution in [0.1, 0.15) is 32.3 Å². The minimum Gasteiger partial charge on any atom is -0.490 e. The van der Waals surface area contributed by atoms with Gasteiger partial charge in [-0.3, -0.25) is 0 Å². The highest BCUT2D eigenvalue weighted by molar-refractivity contribution is 9.10. The Morgan fingerprint density at radius 3 is 2.75 bits per heavy atom. The summed E-state index contributed by atoms with van der Waals surface area (Å²) in [4.78, 5) is 0. The Balaban J connectivity index is 2.84. The Kier molecular flexibility index (Phi) is 8.38. The van der Waals surface area contributed by atoms with E-state index in [2.05, 4.69) is 40.8 Å². The third kappa shape index (κ3) is 5.55. The van der Waals surface area contributed by atoms with Crippen LogP contribution in [0.15, 0.2) is 29.3 Å². The topological polar surface area (TPSA) is 30.5 Å². The highest BCUT2D eigenvalue weighted by atomic mass is 79.9. The van der Waals surface area contributed by atoms with Crippen LogP contribution in [0.4, 0.5) is 0 Å². The minimum absolute atomic E-state index is 0.607. The van der Waals surface area contributed by atoms with E-state index in [0.717, 1.165) is 41.9 Å². The smallest absolute Gasteiger partial charge is 0.175 e. The second kappa shape index (κ2) is 9.83. The summed E-state index contributed by atoms with van der Waals surface area (Å²) in [5.74, 6) is 1.56. The van der Waals surface area contributed by atoms with Crippen LogP contribution in [-0.4, -0.2) is 19.8 Å². The SMILES string of the molecule is C=CCCOc1c(Br)cc(CNCCC)cc1OCC. The Morgan fingerprint density at radius 1 is 1.30 bits per heavy atom. The Morgan fingerprint density at radius 2 is 2.10 bits per heavy atom. The van der Waals surface area contributed by atoms with E-state index >= 15 is 0 Å². The molecule has 0 heterocycles. The first kappa shape index (κ1) is 17.1. The third-order valence-electron chi connectivity index (χ3n) is 2.69. The number of hydrogen-bond acceptors (Lipinski definition) is 3. The van der Waals surface area contributed by atoms with Gasteiger partial charge < -0.3 is 14.8 Å². The zero-order valence-electron chi connectivity index (χ0n) is 12.4. The predicted molar refractivity (Wildman–Crippen MR) is 87.6 cm³/mol. The van der Waals surface area contributed by atoms with Crippen LogP contribution in [0.25, 0.3) is 0 Å². The maximum atomic E-state index is 5.78. The van der Waals surface area contributed by atoms with Gasteiger partial charge in [0.05, 0.1) is 17.7 Å². The second-order valence-electron chi connectivity index (χ2n) is 4.44. The van der Waals surface area contributed by atoms with Gasteiger partial charge in [-0.2, -0.15) is 0 Å². The number of nitrogens with one attached hydrogen (secondary N) is 1. The summed E-state index contributed by atoms with van der Waals surface area (Å²) in [6.45, 7) is 10.9. The van der Waals surface area contributed by atoms with Crippen LogP contribution in [0.5, 0.6) is 11.5 Å². The molecule has 20 heavy (non-hydrogen) atoms. The lowest BCUT2D eigenvalue weighted by molar-refractivity contribution is 0.279. The van der Waals surface area contributed by atoms with Gasteiger partial charge in [0.15, 0.2) is 11.5 Å². The molecule has 1 rings (SSSR count). The van der Waals surface area contributed by atoms with Crippen molar-refractivity contribution in [3.8, 4) is 11.5 Å². The molecule has 0 aromatic heterocycles. The zero-order chi connectivity index (χ0) is 14.8. The molecule has 0 spiro atoms. The molecule has 0 bridgehead atoms. The van der Waals surface area contributed by atoms with Crippen molar-refractivity contribution in [3.05, 3.63) is 34.8 Å². The average Bonchev–Trinajstić information content (AvgIpc) is 2.42. The van der Waals surface area contributed by atoms with Crippen molar-refractivity contribution in [2.24, 2.45) is 0 Å². The molecule has 1 aromatic carbocycles. The molecule has 0 unspecified atom stereocenters. The van der Waals surface area contributed by atoms with Crippen molar-refractivity contribution in [2.45, 2.75) is 33.2 Å². The summed E-state index contributed by atoms with van der Waals surface area (Å²) < 4.78 is 12.4. The fraction of sp³-hybridized carbons (Fsp3) is 0.500. The van der Waals surface area contributed by atoms with E-state index in [9.17, 15) is 0 Å². The van der Waals surface area contributed by atoms with Gasteiger partial charge in [0.25, 0.3) is 0 Å². The highest BCUT2D eigenvalue weighted by Crippen LogP contribution is 2.37. The number of benzene rings is 1. The van der Waals surface area contributed by atoms with Crippen LogP contribution >= 0.6 is 15.9 Å². The summed E-state index contributed by atoms with van der Waals surface area (Å²) in [5.41, 5.74) is 1.19. The fourth-order valence-corrected chi connectivity index (χ4v) is 2.38. The zero-order valence-corrected chi connectivity index (χ0v) is 14.0. The molecule has 0 aliphatic heterocycles. The fourth-order valence-electron chi connectivity index (χ4n) is 1.78. The van der Waals surface area contributed by atoms with Gasteiger partial charge in [-0.05, 0) is 59.9 Å². The van der Waals surface area contributed by atoms with Gasteiger partial charge >= 0.3 is 0 Å². The van der Waals surface area contributed by atoms with Gasteiger partial charge in [-0.1, -0.05) is 13.0 Å². The number of hydrogen-bond donors (Lipinski definition) is 1. The molecule has 0 radical (unpaired) electrons. The van der Waals surface area contributed by atoms with E-state index in [-0.39, 0.29) is 0 Å². The predicted octanol–water partition coefficient (Wildman–Crippen LogP) is 4.30. The van der Waals surface area contributed by atoms with Crippen molar-refractivity contribution < 1.29 is 9.47 Å². The van der Waals surface area contributed by atoms with Crippen LogP contribution in [0.3, 0.4) is 0 Å². The molecular formula is C16H24BrNO2. The van der Waals surface area contributed by atoms with E-state index < -0.39 is 0 Å². The van der Waals surface area contributed by atoms with Crippen LogP contribution < -0.4 is 14.8 Å². The molecule has 0 fully saturated rings. The lowest BCUT2D eigenvalue weighted by atomic mass is 10.2. The van der Waals surface area contributed by atoms with Gasteiger partial charge in [-0.15, -0.1) is 6.58 Å². The lowest BCUT2D eigenvalue weighted by Gasteiger charge is -2.15. The van der Waals surface area contributed by atoms with Gasteiger partial charge in [0.2, 0.25) is 0 Å². The van der Waals surface area contributed by atoms with Crippen molar-refractivity contribution in [3.63, 3.8) is 0 Å². The highest BCUT2D eigenvalue weighted by Gasteiger charge is 2.12. The van der Waals surface area contributed by atoms with Crippen molar-refractivity contribution in [1.82, 2.24) is 5.32 Å². The molecular weight excluding hydrogens is 318 g/mol. The largest absolute Gasteiger partial charge is 0.490 e. The van der Waals surface area contributed by atoms with E-state index in [1.54, 1.807) is 0 Å². The Labute approximate surface area is 130 Å². The third-order valence-corrected chi connectivity index (χ3v) is 3.28. The maximum Gasteiger partial charge on any atom is 0.175 e. The Hall–Kier alpha value is -1.00. The maximum absolute atomic E-state index is 5.78. The van der Waals surface area contributed by atoms with Crippen LogP contribution in [-0.2, 0) is 6.54 Å². The van der Waals surface area contributed by atoms with Crippen LogP contribution in [0.2, 0.25) is 0 Å². The summed E-state index contributed by atoms with van der Waals surface area (Å²) in [6, 6.07) is 4.12. The first-order valence-electron chi connectivity index (χ1n) is 7.12. The molecule has 0 aliphatic carbocycles. The number of halogens is 1. The van der Waals surface area contributed by atoms with Crippen molar-refractivity contribution >= 4 is 15.9 Å². The second-order valence-corrected chi connectivity index (χ2v) is 5.29. The van der Waals surface area contributed by atoms with Gasteiger partial charge in [-0.25, -0.2) is 0 Å². The van der Waals surface area contributed by atoms with Gasteiger partial charge in [0, 0.05) is 6.54 Å².